The quantitative estimate of drug-likeness (QED) is 0.374. The highest BCUT2D eigenvalue weighted by atomic mass is 16.5. The zero-order valence-electron chi connectivity index (χ0n) is 22.1. The third-order valence-electron chi connectivity index (χ3n) is 7.27. The second-order valence-electron chi connectivity index (χ2n) is 9.97. The molecule has 0 aliphatic carbocycles. The van der Waals surface area contributed by atoms with E-state index < -0.39 is 0 Å². The number of aryl methyl sites for hydroxylation is 1. The molecule has 4 aliphatic heterocycles. The molecule has 8 bridgehead atoms. The van der Waals surface area contributed by atoms with Crippen molar-refractivity contribution in [1.29, 1.82) is 0 Å². The number of benzene rings is 3. The average molecular weight is 535 g/mol. The molecule has 40 heavy (non-hydrogen) atoms. The molecule has 2 amide bonds. The van der Waals surface area contributed by atoms with Crippen LogP contribution in [0, 0.1) is 0 Å². The van der Waals surface area contributed by atoms with Crippen LogP contribution in [0.2, 0.25) is 0 Å². The molecule has 202 valence electrons. The molecule has 0 fully saturated rings. The highest BCUT2D eigenvalue weighted by Gasteiger charge is 2.33. The third-order valence-corrected chi connectivity index (χ3v) is 7.27. The number of carbonyl (C=O) groups excluding carboxylic acids is 2. The minimum Gasteiger partial charge on any atom is -0.494 e. The molecule has 0 saturated carbocycles. The number of nitrogens with zero attached hydrogens (tertiary/aromatic N) is 3. The third kappa shape index (κ3) is 5.66. The van der Waals surface area contributed by atoms with Gasteiger partial charge < -0.3 is 19.7 Å². The van der Waals surface area contributed by atoms with Crippen molar-refractivity contribution in [2.45, 2.75) is 31.7 Å². The first-order valence-corrected chi connectivity index (χ1v) is 13.6. The lowest BCUT2D eigenvalue weighted by Crippen LogP contribution is -2.41. The minimum absolute atomic E-state index is 0.0229. The largest absolute Gasteiger partial charge is 0.494 e. The van der Waals surface area contributed by atoms with Crippen LogP contribution in [0.25, 0.3) is 0 Å². The number of hydrogen-bond acceptors (Lipinski definition) is 6. The fourth-order valence-corrected chi connectivity index (χ4v) is 5.27. The predicted molar refractivity (Wildman–Crippen MR) is 149 cm³/mol. The van der Waals surface area contributed by atoms with Gasteiger partial charge in [-0.25, -0.2) is 4.98 Å². The van der Waals surface area contributed by atoms with Gasteiger partial charge in [-0.15, -0.1) is 0 Å². The highest BCUT2D eigenvalue weighted by Crippen LogP contribution is 2.39. The predicted octanol–water partition coefficient (Wildman–Crippen LogP) is 4.89. The summed E-state index contributed by atoms with van der Waals surface area (Å²) in [5.74, 6) is 2.04. The molecule has 0 spiro atoms. The Morgan fingerprint density at radius 3 is 2.65 bits per heavy atom. The van der Waals surface area contributed by atoms with Crippen LogP contribution in [0.1, 0.15) is 51.6 Å². The molecule has 4 aliphatic rings. The van der Waals surface area contributed by atoms with Gasteiger partial charge in [-0.2, -0.15) is 0 Å². The summed E-state index contributed by atoms with van der Waals surface area (Å²) in [6.45, 7) is 1.54. The minimum atomic E-state index is -0.330. The van der Waals surface area contributed by atoms with Gasteiger partial charge in [-0.1, -0.05) is 30.3 Å². The SMILES string of the molecule is O=C1CCc2ccc(cc2)Oc2ccc3c(c2)CCN(C(=O)c2cnccn2)C3c2cccc(c2)OCCCN1. The fraction of sp³-hybridized carbons (Fsp3) is 0.250. The van der Waals surface area contributed by atoms with Gasteiger partial charge in [0.2, 0.25) is 5.91 Å². The standard InChI is InChI=1S/C32H30N4O4/c37-30-12-7-22-5-8-25(9-6-22)40-27-10-11-28-23(19-27)13-17-36(32(38)29-21-33-15-16-34-29)31(28)24-3-1-4-26(20-24)39-18-2-14-35-30/h1,3-6,8-11,15-16,19-21,31H,2,7,12-14,17-18H2,(H,35,37). The number of rotatable bonds is 1. The Morgan fingerprint density at radius 1 is 0.925 bits per heavy atom. The van der Waals surface area contributed by atoms with Crippen LogP contribution in [0.4, 0.5) is 0 Å². The van der Waals surface area contributed by atoms with E-state index in [1.807, 2.05) is 65.6 Å². The Hall–Kier alpha value is -4.72. The lowest BCUT2D eigenvalue weighted by Gasteiger charge is -2.37. The van der Waals surface area contributed by atoms with Gasteiger partial charge in [-0.05, 0) is 77.9 Å². The van der Waals surface area contributed by atoms with Crippen LogP contribution in [-0.4, -0.2) is 46.4 Å². The summed E-state index contributed by atoms with van der Waals surface area (Å²) < 4.78 is 12.2. The monoisotopic (exact) mass is 534 g/mol. The first-order valence-electron chi connectivity index (χ1n) is 13.6. The van der Waals surface area contributed by atoms with Gasteiger partial charge in [-0.3, -0.25) is 14.6 Å². The lowest BCUT2D eigenvalue weighted by atomic mass is 9.87. The van der Waals surface area contributed by atoms with E-state index in [9.17, 15) is 9.59 Å². The summed E-state index contributed by atoms with van der Waals surface area (Å²) in [6.07, 6.45) is 7.07. The molecule has 1 aromatic heterocycles. The Balaban J connectivity index is 1.38. The number of carbonyl (C=O) groups is 2. The van der Waals surface area contributed by atoms with Crippen molar-refractivity contribution >= 4 is 11.8 Å². The maximum atomic E-state index is 13.7. The van der Waals surface area contributed by atoms with Crippen molar-refractivity contribution in [3.8, 4) is 17.2 Å². The Bertz CT molecular complexity index is 1510. The molecule has 1 unspecified atom stereocenters. The van der Waals surface area contributed by atoms with Gasteiger partial charge in [0.25, 0.3) is 5.91 Å². The summed E-state index contributed by atoms with van der Waals surface area (Å²) >= 11 is 0. The molecule has 0 radical (unpaired) electrons. The van der Waals surface area contributed by atoms with Crippen LogP contribution < -0.4 is 14.8 Å². The molecular weight excluding hydrogens is 504 g/mol. The maximum absolute atomic E-state index is 13.7. The Labute approximate surface area is 233 Å². The normalized spacial score (nSPS) is 17.2. The molecule has 5 heterocycles. The summed E-state index contributed by atoms with van der Waals surface area (Å²) in [6, 6.07) is 21.5. The molecular formula is C32H30N4O4. The molecule has 8 heteroatoms. The van der Waals surface area contributed by atoms with Crippen LogP contribution in [0.15, 0.2) is 85.3 Å². The van der Waals surface area contributed by atoms with Crippen LogP contribution >= 0.6 is 0 Å². The van der Waals surface area contributed by atoms with Crippen molar-refractivity contribution in [1.82, 2.24) is 20.2 Å². The summed E-state index contributed by atoms with van der Waals surface area (Å²) in [5, 5.41) is 2.97. The number of nitrogens with one attached hydrogen (secondary N) is 1. The van der Waals surface area contributed by atoms with Gasteiger partial charge >= 0.3 is 0 Å². The van der Waals surface area contributed by atoms with E-state index in [2.05, 4.69) is 21.4 Å². The van der Waals surface area contributed by atoms with Crippen molar-refractivity contribution in [2.24, 2.45) is 0 Å². The highest BCUT2D eigenvalue weighted by molar-refractivity contribution is 5.92. The number of ether oxygens (including phenoxy) is 2. The van der Waals surface area contributed by atoms with Crippen molar-refractivity contribution in [3.63, 3.8) is 0 Å². The number of amides is 2. The zero-order chi connectivity index (χ0) is 27.3. The molecule has 3 aromatic carbocycles. The lowest BCUT2D eigenvalue weighted by molar-refractivity contribution is -0.121. The Morgan fingerprint density at radius 2 is 1.80 bits per heavy atom. The van der Waals surface area contributed by atoms with Gasteiger partial charge in [0.05, 0.1) is 18.8 Å². The Kier molecular flexibility index (Phi) is 7.39. The van der Waals surface area contributed by atoms with Crippen LogP contribution in [0.5, 0.6) is 17.2 Å². The van der Waals surface area contributed by atoms with Crippen molar-refractivity contribution in [3.05, 3.63) is 113 Å². The van der Waals surface area contributed by atoms with E-state index in [1.165, 1.54) is 12.4 Å². The maximum Gasteiger partial charge on any atom is 0.274 e. The summed E-state index contributed by atoms with van der Waals surface area (Å²) in [4.78, 5) is 36.2. The van der Waals surface area contributed by atoms with Gasteiger partial charge in [0.15, 0.2) is 0 Å². The van der Waals surface area contributed by atoms with Gasteiger partial charge in [0, 0.05) is 31.9 Å². The first kappa shape index (κ1) is 25.6. The van der Waals surface area contributed by atoms with Crippen LogP contribution in [-0.2, 0) is 17.6 Å². The topological polar surface area (TPSA) is 93.7 Å². The number of aromatic nitrogens is 2. The number of fused-ring (bicyclic) bond motifs is 1. The van der Waals surface area contributed by atoms with Gasteiger partial charge in [0.1, 0.15) is 22.9 Å². The van der Waals surface area contributed by atoms with E-state index in [-0.39, 0.29) is 17.9 Å². The van der Waals surface area contributed by atoms with E-state index in [4.69, 9.17) is 9.47 Å². The van der Waals surface area contributed by atoms with E-state index in [1.54, 1.807) is 6.20 Å². The van der Waals surface area contributed by atoms with Crippen molar-refractivity contribution < 1.29 is 19.1 Å². The fourth-order valence-electron chi connectivity index (χ4n) is 5.27. The van der Waals surface area contributed by atoms with Crippen molar-refractivity contribution in [2.75, 3.05) is 19.7 Å². The second kappa shape index (κ2) is 11.6. The second-order valence-corrected chi connectivity index (χ2v) is 9.97. The molecule has 4 aromatic rings. The number of hydrogen-bond donors (Lipinski definition) is 1. The molecule has 1 atom stereocenters. The molecule has 1 N–H and O–H groups in total. The average Bonchev–Trinajstić information content (AvgIpc) is 3.00. The van der Waals surface area contributed by atoms with E-state index >= 15 is 0 Å². The van der Waals surface area contributed by atoms with Crippen LogP contribution in [0.3, 0.4) is 0 Å². The zero-order valence-corrected chi connectivity index (χ0v) is 22.1. The molecule has 8 rings (SSSR count). The molecule has 8 nitrogen and oxygen atoms in total. The first-order chi connectivity index (χ1) is 19.6. The smallest absolute Gasteiger partial charge is 0.274 e. The van der Waals surface area contributed by atoms with E-state index in [0.29, 0.717) is 51.1 Å². The van der Waals surface area contributed by atoms with E-state index in [0.717, 1.165) is 39.5 Å². The molecule has 0 saturated heterocycles. The summed E-state index contributed by atoms with van der Waals surface area (Å²) in [5.41, 5.74) is 4.50. The summed E-state index contributed by atoms with van der Waals surface area (Å²) in [7, 11) is 0.